The summed E-state index contributed by atoms with van der Waals surface area (Å²) in [6, 6.07) is 13.7. The molecule has 0 aliphatic carbocycles. The van der Waals surface area contributed by atoms with E-state index in [1.165, 1.54) is 22.5 Å². The van der Waals surface area contributed by atoms with Crippen LogP contribution in [0.3, 0.4) is 0 Å². The number of anilines is 1. The zero-order valence-electron chi connectivity index (χ0n) is 11.3. The van der Waals surface area contributed by atoms with Crippen molar-refractivity contribution in [2.75, 3.05) is 11.4 Å². The van der Waals surface area contributed by atoms with Crippen molar-refractivity contribution in [2.45, 2.75) is 32.5 Å². The van der Waals surface area contributed by atoms with E-state index in [0.717, 1.165) is 19.6 Å². The molecule has 1 aliphatic rings. The van der Waals surface area contributed by atoms with Gasteiger partial charge in [0.05, 0.1) is 6.54 Å². The monoisotopic (exact) mass is 272 g/mol. The summed E-state index contributed by atoms with van der Waals surface area (Å²) >= 11 is 1.84. The number of nitrogens with one attached hydrogen (secondary N) is 1. The van der Waals surface area contributed by atoms with Crippen LogP contribution < -0.4 is 10.2 Å². The molecule has 0 bridgehead atoms. The zero-order valence-corrected chi connectivity index (χ0v) is 12.1. The molecule has 100 valence electrons. The van der Waals surface area contributed by atoms with Crippen LogP contribution in [-0.4, -0.2) is 12.6 Å². The van der Waals surface area contributed by atoms with Crippen LogP contribution in [-0.2, 0) is 13.1 Å². The molecule has 3 rings (SSSR count). The van der Waals surface area contributed by atoms with E-state index >= 15 is 0 Å². The van der Waals surface area contributed by atoms with Crippen LogP contribution in [0, 0.1) is 0 Å². The highest BCUT2D eigenvalue weighted by Crippen LogP contribution is 2.26. The van der Waals surface area contributed by atoms with Gasteiger partial charge in [-0.1, -0.05) is 31.2 Å². The second kappa shape index (κ2) is 5.76. The third kappa shape index (κ3) is 2.82. The summed E-state index contributed by atoms with van der Waals surface area (Å²) in [7, 11) is 0. The number of rotatable bonds is 3. The minimum atomic E-state index is 0.576. The molecule has 0 spiro atoms. The molecular formula is C16H20N2S. The van der Waals surface area contributed by atoms with Crippen molar-refractivity contribution in [3.8, 4) is 0 Å². The summed E-state index contributed by atoms with van der Waals surface area (Å²) < 4.78 is 0. The molecule has 19 heavy (non-hydrogen) atoms. The molecular weight excluding hydrogens is 252 g/mol. The fraction of sp³-hybridized carbons (Fsp3) is 0.375. The van der Waals surface area contributed by atoms with Crippen molar-refractivity contribution in [3.05, 3.63) is 52.2 Å². The lowest BCUT2D eigenvalue weighted by Crippen LogP contribution is -2.37. The predicted octanol–water partition coefficient (Wildman–Crippen LogP) is 3.64. The van der Waals surface area contributed by atoms with Crippen LogP contribution in [0.5, 0.6) is 0 Å². The Hall–Kier alpha value is -1.32. The third-order valence-electron chi connectivity index (χ3n) is 3.77. The van der Waals surface area contributed by atoms with Crippen molar-refractivity contribution in [1.82, 2.24) is 5.32 Å². The number of thiophene rings is 1. The van der Waals surface area contributed by atoms with Gasteiger partial charge in [-0.3, -0.25) is 0 Å². The molecule has 2 aromatic rings. The van der Waals surface area contributed by atoms with Gasteiger partial charge in [-0.25, -0.2) is 0 Å². The van der Waals surface area contributed by atoms with E-state index in [4.69, 9.17) is 0 Å². The summed E-state index contributed by atoms with van der Waals surface area (Å²) in [5, 5.41) is 5.82. The Bertz CT molecular complexity index is 521. The second-order valence-corrected chi connectivity index (χ2v) is 6.11. The normalized spacial score (nSPS) is 19.0. The third-order valence-corrected chi connectivity index (χ3v) is 4.64. The van der Waals surface area contributed by atoms with Crippen molar-refractivity contribution in [3.63, 3.8) is 0 Å². The lowest BCUT2D eigenvalue weighted by Gasteiger charge is -2.26. The van der Waals surface area contributed by atoms with Gasteiger partial charge < -0.3 is 10.2 Å². The first-order valence-electron chi connectivity index (χ1n) is 6.95. The molecule has 1 atom stereocenters. The highest BCUT2D eigenvalue weighted by atomic mass is 32.1. The van der Waals surface area contributed by atoms with E-state index in [-0.39, 0.29) is 0 Å². The zero-order chi connectivity index (χ0) is 13.1. The minimum Gasteiger partial charge on any atom is -0.365 e. The molecule has 0 fully saturated rings. The molecule has 1 aromatic carbocycles. The molecule has 2 nitrogen and oxygen atoms in total. The Morgan fingerprint density at radius 3 is 2.95 bits per heavy atom. The lowest BCUT2D eigenvalue weighted by molar-refractivity contribution is 0.502. The predicted molar refractivity (Wildman–Crippen MR) is 82.7 cm³/mol. The van der Waals surface area contributed by atoms with E-state index in [1.54, 1.807) is 0 Å². The van der Waals surface area contributed by atoms with Crippen molar-refractivity contribution in [2.24, 2.45) is 0 Å². The van der Waals surface area contributed by atoms with E-state index < -0.39 is 0 Å². The average molecular weight is 272 g/mol. The second-order valence-electron chi connectivity index (χ2n) is 5.07. The highest BCUT2D eigenvalue weighted by molar-refractivity contribution is 7.09. The summed E-state index contributed by atoms with van der Waals surface area (Å²) in [5.74, 6) is 0. The molecule has 0 radical (unpaired) electrons. The van der Waals surface area contributed by atoms with Gasteiger partial charge in [0.2, 0.25) is 0 Å². The van der Waals surface area contributed by atoms with Crippen LogP contribution in [0.4, 0.5) is 5.69 Å². The maximum Gasteiger partial charge on any atom is 0.0523 e. The van der Waals surface area contributed by atoms with Crippen LogP contribution >= 0.6 is 11.3 Å². The summed E-state index contributed by atoms with van der Waals surface area (Å²) in [6.45, 7) is 5.35. The Morgan fingerprint density at radius 2 is 2.16 bits per heavy atom. The van der Waals surface area contributed by atoms with Crippen LogP contribution in [0.1, 0.15) is 23.8 Å². The minimum absolute atomic E-state index is 0.576. The van der Waals surface area contributed by atoms with Crippen LogP contribution in [0.25, 0.3) is 0 Å². The van der Waals surface area contributed by atoms with Gasteiger partial charge in [-0.05, 0) is 29.5 Å². The van der Waals surface area contributed by atoms with E-state index in [9.17, 15) is 0 Å². The van der Waals surface area contributed by atoms with Crippen molar-refractivity contribution in [1.29, 1.82) is 0 Å². The fourth-order valence-corrected chi connectivity index (χ4v) is 3.39. The Balaban J connectivity index is 1.89. The van der Waals surface area contributed by atoms with Crippen molar-refractivity contribution >= 4 is 17.0 Å². The molecule has 1 N–H and O–H groups in total. The van der Waals surface area contributed by atoms with E-state index in [1.807, 2.05) is 11.3 Å². The van der Waals surface area contributed by atoms with Gasteiger partial charge in [0.15, 0.2) is 0 Å². The summed E-state index contributed by atoms with van der Waals surface area (Å²) in [5.41, 5.74) is 2.80. The largest absolute Gasteiger partial charge is 0.365 e. The summed E-state index contributed by atoms with van der Waals surface area (Å²) in [6.07, 6.45) is 1.18. The highest BCUT2D eigenvalue weighted by Gasteiger charge is 2.20. The van der Waals surface area contributed by atoms with Crippen molar-refractivity contribution < 1.29 is 0 Å². The number of para-hydroxylation sites is 1. The SMILES string of the molecule is CCC1CN(Cc2cccs2)c2ccccc2CN1. The molecule has 2 heterocycles. The topological polar surface area (TPSA) is 15.3 Å². The average Bonchev–Trinajstić information content (AvgIpc) is 2.88. The lowest BCUT2D eigenvalue weighted by atomic mass is 10.1. The van der Waals surface area contributed by atoms with Gasteiger partial charge in [0.1, 0.15) is 0 Å². The van der Waals surface area contributed by atoms with Crippen LogP contribution in [0.15, 0.2) is 41.8 Å². The van der Waals surface area contributed by atoms with Gasteiger partial charge in [0, 0.05) is 29.7 Å². The first-order valence-corrected chi connectivity index (χ1v) is 7.83. The molecule has 0 saturated carbocycles. The first kappa shape index (κ1) is 12.7. The van der Waals surface area contributed by atoms with E-state index in [0.29, 0.717) is 6.04 Å². The number of hydrogen-bond acceptors (Lipinski definition) is 3. The standard InChI is InChI=1S/C16H20N2S/c1-2-14-11-18(12-15-7-5-9-19-15)16-8-4-3-6-13(16)10-17-14/h3-9,14,17H,2,10-12H2,1H3. The fourth-order valence-electron chi connectivity index (χ4n) is 2.67. The molecule has 0 saturated heterocycles. The van der Waals surface area contributed by atoms with Gasteiger partial charge >= 0.3 is 0 Å². The maximum atomic E-state index is 3.66. The first-order chi connectivity index (χ1) is 9.36. The number of fused-ring (bicyclic) bond motifs is 1. The quantitative estimate of drug-likeness (QED) is 0.917. The Morgan fingerprint density at radius 1 is 1.26 bits per heavy atom. The van der Waals surface area contributed by atoms with E-state index in [2.05, 4.69) is 58.9 Å². The van der Waals surface area contributed by atoms with Gasteiger partial charge in [-0.15, -0.1) is 11.3 Å². The number of nitrogens with zero attached hydrogens (tertiary/aromatic N) is 1. The Kier molecular flexibility index (Phi) is 3.85. The molecule has 1 aliphatic heterocycles. The van der Waals surface area contributed by atoms with Crippen LogP contribution in [0.2, 0.25) is 0 Å². The van der Waals surface area contributed by atoms with Gasteiger partial charge in [0.25, 0.3) is 0 Å². The Labute approximate surface area is 119 Å². The van der Waals surface area contributed by atoms with Gasteiger partial charge in [-0.2, -0.15) is 0 Å². The smallest absolute Gasteiger partial charge is 0.0523 e. The molecule has 1 unspecified atom stereocenters. The number of hydrogen-bond donors (Lipinski definition) is 1. The number of benzene rings is 1. The molecule has 0 amide bonds. The maximum absolute atomic E-state index is 3.66. The molecule has 3 heteroatoms. The summed E-state index contributed by atoms with van der Waals surface area (Å²) in [4.78, 5) is 3.96. The molecule has 1 aromatic heterocycles.